The lowest BCUT2D eigenvalue weighted by atomic mass is 10.1. The number of nitrogens with zero attached hydrogens (tertiary/aromatic N) is 1. The van der Waals surface area contributed by atoms with E-state index in [4.69, 9.17) is 5.11 Å². The first-order chi connectivity index (χ1) is 7.64. The van der Waals surface area contributed by atoms with E-state index < -0.39 is 5.67 Å². The van der Waals surface area contributed by atoms with Gasteiger partial charge in [-0.3, -0.25) is 4.90 Å². The van der Waals surface area contributed by atoms with Gasteiger partial charge in [0.25, 0.3) is 0 Å². The van der Waals surface area contributed by atoms with Crippen LogP contribution in [0.1, 0.15) is 24.9 Å². The summed E-state index contributed by atoms with van der Waals surface area (Å²) in [6.07, 6.45) is 0.431. The maximum absolute atomic E-state index is 13.9. The first-order valence-corrected chi connectivity index (χ1v) is 5.73. The van der Waals surface area contributed by atoms with Crippen LogP contribution < -0.4 is 0 Å². The molecule has 0 saturated carbocycles. The molecule has 1 aliphatic rings. The SMILES string of the molecule is CC(c1ccccc1)N1CCC(F)(CO)C1. The van der Waals surface area contributed by atoms with E-state index in [2.05, 4.69) is 24.0 Å². The minimum Gasteiger partial charge on any atom is -0.393 e. The average Bonchev–Trinajstić information content (AvgIpc) is 2.73. The van der Waals surface area contributed by atoms with Crippen molar-refractivity contribution in [2.45, 2.75) is 25.1 Å². The van der Waals surface area contributed by atoms with Gasteiger partial charge >= 0.3 is 0 Å². The highest BCUT2D eigenvalue weighted by Gasteiger charge is 2.39. The van der Waals surface area contributed by atoms with E-state index in [-0.39, 0.29) is 12.6 Å². The zero-order chi connectivity index (χ0) is 11.6. The number of hydrogen-bond donors (Lipinski definition) is 1. The van der Waals surface area contributed by atoms with Gasteiger partial charge in [0, 0.05) is 19.1 Å². The molecule has 0 aliphatic carbocycles. The Morgan fingerprint density at radius 2 is 2.12 bits per heavy atom. The maximum atomic E-state index is 13.9. The molecule has 1 aliphatic heterocycles. The van der Waals surface area contributed by atoms with Crippen LogP contribution in [0.25, 0.3) is 0 Å². The highest BCUT2D eigenvalue weighted by atomic mass is 19.1. The van der Waals surface area contributed by atoms with Crippen molar-refractivity contribution >= 4 is 0 Å². The first kappa shape index (κ1) is 11.6. The Morgan fingerprint density at radius 3 is 2.69 bits per heavy atom. The lowest BCUT2D eigenvalue weighted by Gasteiger charge is -2.25. The molecule has 2 unspecified atom stereocenters. The summed E-state index contributed by atoms with van der Waals surface area (Å²) in [7, 11) is 0. The molecule has 1 aromatic carbocycles. The third-order valence-electron chi connectivity index (χ3n) is 3.45. The van der Waals surface area contributed by atoms with E-state index in [0.717, 1.165) is 0 Å². The minimum absolute atomic E-state index is 0.213. The van der Waals surface area contributed by atoms with E-state index in [1.165, 1.54) is 5.56 Å². The van der Waals surface area contributed by atoms with Gasteiger partial charge in [0.1, 0.15) is 5.67 Å². The van der Waals surface area contributed by atoms with Gasteiger partial charge in [0.05, 0.1) is 6.61 Å². The van der Waals surface area contributed by atoms with Gasteiger partial charge in [-0.25, -0.2) is 4.39 Å². The molecule has 88 valence electrons. The van der Waals surface area contributed by atoms with Crippen molar-refractivity contribution in [2.24, 2.45) is 0 Å². The molecule has 0 spiro atoms. The Balaban J connectivity index is 2.05. The van der Waals surface area contributed by atoms with Crippen LogP contribution in [0.2, 0.25) is 0 Å². The van der Waals surface area contributed by atoms with Gasteiger partial charge in [-0.15, -0.1) is 0 Å². The number of aliphatic hydroxyl groups excluding tert-OH is 1. The summed E-state index contributed by atoms with van der Waals surface area (Å²) in [4.78, 5) is 2.09. The molecule has 2 rings (SSSR count). The number of hydrogen-bond acceptors (Lipinski definition) is 2. The van der Waals surface area contributed by atoms with Gasteiger partial charge in [-0.2, -0.15) is 0 Å². The second kappa shape index (κ2) is 4.52. The highest BCUT2D eigenvalue weighted by Crippen LogP contribution is 2.31. The summed E-state index contributed by atoms with van der Waals surface area (Å²) in [6, 6.07) is 10.3. The molecule has 3 heteroatoms. The van der Waals surface area contributed by atoms with E-state index >= 15 is 0 Å². The van der Waals surface area contributed by atoms with E-state index in [9.17, 15) is 4.39 Å². The quantitative estimate of drug-likeness (QED) is 0.848. The maximum Gasteiger partial charge on any atom is 0.147 e. The summed E-state index contributed by atoms with van der Waals surface area (Å²) in [5, 5.41) is 8.99. The summed E-state index contributed by atoms with van der Waals surface area (Å²) < 4.78 is 13.9. The number of rotatable bonds is 3. The standard InChI is InChI=1S/C13H18FNO/c1-11(12-5-3-2-4-6-12)15-8-7-13(14,9-15)10-16/h2-6,11,16H,7-10H2,1H3. The Hall–Kier alpha value is -0.930. The predicted octanol–water partition coefficient (Wildman–Crippen LogP) is 2.15. The number of likely N-dealkylation sites (tertiary alicyclic amines) is 1. The number of aliphatic hydroxyl groups is 1. The predicted molar refractivity (Wildman–Crippen MR) is 62.0 cm³/mol. The van der Waals surface area contributed by atoms with Crippen LogP contribution in [0, 0.1) is 0 Å². The van der Waals surface area contributed by atoms with Crippen molar-refractivity contribution in [3.8, 4) is 0 Å². The van der Waals surface area contributed by atoms with Crippen LogP contribution in [0.4, 0.5) is 4.39 Å². The zero-order valence-electron chi connectivity index (χ0n) is 9.56. The molecule has 2 atom stereocenters. The van der Waals surface area contributed by atoms with Crippen molar-refractivity contribution in [3.63, 3.8) is 0 Å². The first-order valence-electron chi connectivity index (χ1n) is 5.73. The van der Waals surface area contributed by atoms with Crippen molar-refractivity contribution in [1.82, 2.24) is 4.90 Å². The molecule has 0 bridgehead atoms. The molecule has 2 nitrogen and oxygen atoms in total. The number of halogens is 1. The third-order valence-corrected chi connectivity index (χ3v) is 3.45. The van der Waals surface area contributed by atoms with Crippen molar-refractivity contribution in [3.05, 3.63) is 35.9 Å². The fraction of sp³-hybridized carbons (Fsp3) is 0.538. The van der Waals surface area contributed by atoms with Crippen molar-refractivity contribution in [1.29, 1.82) is 0 Å². The monoisotopic (exact) mass is 223 g/mol. The molecule has 1 heterocycles. The molecule has 0 radical (unpaired) electrons. The largest absolute Gasteiger partial charge is 0.393 e. The zero-order valence-corrected chi connectivity index (χ0v) is 9.56. The van der Waals surface area contributed by atoms with Crippen LogP contribution in [0.3, 0.4) is 0 Å². The summed E-state index contributed by atoms with van der Waals surface area (Å²) in [6.45, 7) is 2.76. The fourth-order valence-corrected chi connectivity index (χ4v) is 2.27. The van der Waals surface area contributed by atoms with E-state index in [1.54, 1.807) is 0 Å². The second-order valence-electron chi connectivity index (χ2n) is 4.62. The molecule has 1 saturated heterocycles. The summed E-state index contributed by atoms with van der Waals surface area (Å²) in [5.41, 5.74) is -0.201. The van der Waals surface area contributed by atoms with Gasteiger partial charge in [-0.05, 0) is 18.9 Å². The molecule has 0 aromatic heterocycles. The van der Waals surface area contributed by atoms with Crippen LogP contribution in [-0.4, -0.2) is 35.4 Å². The summed E-state index contributed by atoms with van der Waals surface area (Å²) >= 11 is 0. The fourth-order valence-electron chi connectivity index (χ4n) is 2.27. The van der Waals surface area contributed by atoms with Gasteiger partial charge < -0.3 is 5.11 Å². The Morgan fingerprint density at radius 1 is 1.44 bits per heavy atom. The van der Waals surface area contributed by atoms with Gasteiger partial charge in [0.15, 0.2) is 0 Å². The van der Waals surface area contributed by atoms with E-state index in [1.807, 2.05) is 18.2 Å². The topological polar surface area (TPSA) is 23.5 Å². The Labute approximate surface area is 95.7 Å². The molecule has 1 aromatic rings. The Kier molecular flexibility index (Phi) is 3.26. The van der Waals surface area contributed by atoms with Crippen LogP contribution in [-0.2, 0) is 0 Å². The summed E-state index contributed by atoms with van der Waals surface area (Å²) in [5.74, 6) is 0. The van der Waals surface area contributed by atoms with Crippen molar-refractivity contribution in [2.75, 3.05) is 19.7 Å². The van der Waals surface area contributed by atoms with Crippen LogP contribution >= 0.6 is 0 Å². The normalized spacial score (nSPS) is 28.2. The van der Waals surface area contributed by atoms with Crippen molar-refractivity contribution < 1.29 is 9.50 Å². The molecular formula is C13H18FNO. The lowest BCUT2D eigenvalue weighted by Crippen LogP contribution is -2.33. The minimum atomic E-state index is -1.40. The highest BCUT2D eigenvalue weighted by molar-refractivity contribution is 5.19. The second-order valence-corrected chi connectivity index (χ2v) is 4.62. The third kappa shape index (κ3) is 2.25. The smallest absolute Gasteiger partial charge is 0.147 e. The van der Waals surface area contributed by atoms with Gasteiger partial charge in [-0.1, -0.05) is 30.3 Å². The molecular weight excluding hydrogens is 205 g/mol. The van der Waals surface area contributed by atoms with E-state index in [0.29, 0.717) is 19.5 Å². The number of alkyl halides is 1. The van der Waals surface area contributed by atoms with Crippen LogP contribution in [0.15, 0.2) is 30.3 Å². The number of benzene rings is 1. The molecule has 16 heavy (non-hydrogen) atoms. The average molecular weight is 223 g/mol. The Bertz CT molecular complexity index is 343. The molecule has 0 amide bonds. The molecule has 1 N–H and O–H groups in total. The lowest BCUT2D eigenvalue weighted by molar-refractivity contribution is 0.0727. The molecule has 1 fully saturated rings. The van der Waals surface area contributed by atoms with Gasteiger partial charge in [0.2, 0.25) is 0 Å². The van der Waals surface area contributed by atoms with Crippen LogP contribution in [0.5, 0.6) is 0 Å².